The van der Waals surface area contributed by atoms with E-state index in [1.54, 1.807) is 6.07 Å². The van der Waals surface area contributed by atoms with Gasteiger partial charge in [0.25, 0.3) is 5.09 Å². The van der Waals surface area contributed by atoms with Gasteiger partial charge in [0, 0.05) is 13.1 Å². The molecule has 0 saturated carbocycles. The van der Waals surface area contributed by atoms with Gasteiger partial charge < -0.3 is 5.32 Å². The Hall–Kier alpha value is -2.10. The number of amides is 1. The van der Waals surface area contributed by atoms with Crippen LogP contribution in [-0.2, 0) is 4.79 Å². The average Bonchev–Trinajstić information content (AvgIpc) is 2.43. The molecule has 0 aromatic carbocycles. The van der Waals surface area contributed by atoms with E-state index in [0.717, 1.165) is 11.8 Å². The van der Waals surface area contributed by atoms with E-state index in [0.29, 0.717) is 10.7 Å². The maximum absolute atomic E-state index is 11.2. The standard InChI is InChI=1S/C12H8Cl2N4O4S/c1-6(19)16-8-2-3-10(14)17-11(8)23-12-9(22-18(20)21)4-7(13)5-15-12/h2-5H,1H3,(H,16,19). The third-order valence-electron chi connectivity index (χ3n) is 2.29. The van der Waals surface area contributed by atoms with Crippen LogP contribution in [0.1, 0.15) is 6.92 Å². The smallest absolute Gasteiger partial charge is 0.299 e. The number of carbonyl (C=O) groups excluding carboxylic acids is 1. The third-order valence-corrected chi connectivity index (χ3v) is 3.71. The lowest BCUT2D eigenvalue weighted by Gasteiger charge is -2.10. The minimum absolute atomic E-state index is 0.146. The number of rotatable bonds is 5. The zero-order valence-electron chi connectivity index (χ0n) is 11.4. The lowest BCUT2D eigenvalue weighted by molar-refractivity contribution is -0.711. The number of nitrogens with zero attached hydrogens (tertiary/aromatic N) is 3. The Kier molecular flexibility index (Phi) is 5.59. The first-order valence-electron chi connectivity index (χ1n) is 5.95. The zero-order chi connectivity index (χ0) is 17.0. The monoisotopic (exact) mass is 374 g/mol. The molecule has 2 heterocycles. The Balaban J connectivity index is 2.40. The first-order valence-corrected chi connectivity index (χ1v) is 7.52. The Morgan fingerprint density at radius 2 is 2.13 bits per heavy atom. The summed E-state index contributed by atoms with van der Waals surface area (Å²) in [5, 5.41) is 13.0. The molecule has 120 valence electrons. The Labute approximate surface area is 144 Å². The van der Waals surface area contributed by atoms with Crippen molar-refractivity contribution in [1.82, 2.24) is 9.97 Å². The van der Waals surface area contributed by atoms with Crippen LogP contribution in [0.2, 0.25) is 10.2 Å². The molecular formula is C12H8Cl2N4O4S. The molecule has 8 nitrogen and oxygen atoms in total. The number of nitrogens with one attached hydrogen (secondary N) is 1. The minimum Gasteiger partial charge on any atom is -0.324 e. The van der Waals surface area contributed by atoms with Crippen molar-refractivity contribution >= 4 is 46.6 Å². The Morgan fingerprint density at radius 3 is 2.78 bits per heavy atom. The van der Waals surface area contributed by atoms with Crippen molar-refractivity contribution in [2.45, 2.75) is 17.0 Å². The van der Waals surface area contributed by atoms with Gasteiger partial charge in [-0.1, -0.05) is 23.2 Å². The predicted octanol–water partition coefficient (Wildman–Crippen LogP) is 3.46. The molecule has 23 heavy (non-hydrogen) atoms. The number of aromatic nitrogens is 2. The SMILES string of the molecule is CC(=O)Nc1ccc(Cl)nc1Sc1ncc(Cl)cc1O[N+](=O)[O-]. The second-order valence-electron chi connectivity index (χ2n) is 4.04. The van der Waals surface area contributed by atoms with Crippen molar-refractivity contribution in [2.75, 3.05) is 5.32 Å². The molecule has 2 aromatic heterocycles. The van der Waals surface area contributed by atoms with E-state index in [2.05, 4.69) is 20.1 Å². The van der Waals surface area contributed by atoms with Crippen LogP contribution in [0.15, 0.2) is 34.4 Å². The van der Waals surface area contributed by atoms with E-state index in [1.165, 1.54) is 25.3 Å². The number of halogens is 2. The number of anilines is 1. The van der Waals surface area contributed by atoms with E-state index in [9.17, 15) is 14.9 Å². The van der Waals surface area contributed by atoms with E-state index in [-0.39, 0.29) is 26.9 Å². The van der Waals surface area contributed by atoms with E-state index < -0.39 is 5.09 Å². The summed E-state index contributed by atoms with van der Waals surface area (Å²) in [5.74, 6) is -0.454. The van der Waals surface area contributed by atoms with Gasteiger partial charge in [0.2, 0.25) is 5.91 Å². The molecule has 2 rings (SSSR count). The van der Waals surface area contributed by atoms with Crippen molar-refractivity contribution in [1.29, 1.82) is 0 Å². The summed E-state index contributed by atoms with van der Waals surface area (Å²) in [6, 6.07) is 4.31. The van der Waals surface area contributed by atoms with Gasteiger partial charge in [0.05, 0.1) is 10.7 Å². The fourth-order valence-corrected chi connectivity index (χ4v) is 2.71. The van der Waals surface area contributed by atoms with Gasteiger partial charge in [-0.15, -0.1) is 10.1 Å². The molecule has 1 N–H and O–H groups in total. The molecule has 0 radical (unpaired) electrons. The number of hydrogen-bond donors (Lipinski definition) is 1. The molecule has 11 heteroatoms. The van der Waals surface area contributed by atoms with E-state index >= 15 is 0 Å². The minimum atomic E-state index is -0.975. The molecule has 0 fully saturated rings. The molecule has 1 amide bonds. The van der Waals surface area contributed by atoms with Crippen LogP contribution in [0.4, 0.5) is 5.69 Å². The van der Waals surface area contributed by atoms with Gasteiger partial charge in [-0.05, 0) is 30.0 Å². The van der Waals surface area contributed by atoms with Crippen LogP contribution in [0, 0.1) is 10.1 Å². The predicted molar refractivity (Wildman–Crippen MR) is 84.5 cm³/mol. The summed E-state index contributed by atoms with van der Waals surface area (Å²) in [7, 11) is 0. The van der Waals surface area contributed by atoms with Crippen LogP contribution in [0.25, 0.3) is 0 Å². The van der Waals surface area contributed by atoms with E-state index in [1.807, 2.05) is 0 Å². The first-order chi connectivity index (χ1) is 10.8. The molecule has 0 saturated heterocycles. The molecule has 0 aliphatic carbocycles. The summed E-state index contributed by atoms with van der Waals surface area (Å²) in [4.78, 5) is 34.3. The molecule has 0 spiro atoms. The van der Waals surface area contributed by atoms with Gasteiger partial charge in [-0.2, -0.15) is 0 Å². The van der Waals surface area contributed by atoms with Crippen molar-refractivity contribution < 1.29 is 14.7 Å². The first kappa shape index (κ1) is 17.3. The quantitative estimate of drug-likeness (QED) is 0.484. The summed E-state index contributed by atoms with van der Waals surface area (Å²) < 4.78 is 0. The molecule has 0 aliphatic heterocycles. The molecule has 0 bridgehead atoms. The lowest BCUT2D eigenvalue weighted by Crippen LogP contribution is -2.08. The fraction of sp³-hybridized carbons (Fsp3) is 0.0833. The highest BCUT2D eigenvalue weighted by Gasteiger charge is 2.15. The summed E-state index contributed by atoms with van der Waals surface area (Å²) in [5.41, 5.74) is 0.385. The summed E-state index contributed by atoms with van der Waals surface area (Å²) >= 11 is 12.5. The summed E-state index contributed by atoms with van der Waals surface area (Å²) in [6.07, 6.45) is 1.30. The van der Waals surface area contributed by atoms with Crippen LogP contribution >= 0.6 is 35.0 Å². The van der Waals surface area contributed by atoms with Crippen molar-refractivity contribution in [2.24, 2.45) is 0 Å². The lowest BCUT2D eigenvalue weighted by atomic mass is 10.4. The van der Waals surface area contributed by atoms with Gasteiger partial charge in [-0.25, -0.2) is 9.97 Å². The number of hydrogen-bond acceptors (Lipinski definition) is 7. The van der Waals surface area contributed by atoms with Crippen molar-refractivity contribution in [3.63, 3.8) is 0 Å². The highest BCUT2D eigenvalue weighted by molar-refractivity contribution is 7.99. The molecule has 2 aromatic rings. The van der Waals surface area contributed by atoms with Gasteiger partial charge in [0.1, 0.15) is 15.2 Å². The fourth-order valence-electron chi connectivity index (χ4n) is 1.50. The maximum Gasteiger partial charge on any atom is 0.299 e. The molecule has 0 unspecified atom stereocenters. The number of carbonyl (C=O) groups is 1. The van der Waals surface area contributed by atoms with Crippen LogP contribution in [0.5, 0.6) is 5.75 Å². The Bertz CT molecular complexity index is 775. The second-order valence-corrected chi connectivity index (χ2v) is 5.84. The van der Waals surface area contributed by atoms with E-state index in [4.69, 9.17) is 23.2 Å². The maximum atomic E-state index is 11.2. The van der Waals surface area contributed by atoms with Crippen LogP contribution in [-0.4, -0.2) is 21.0 Å². The van der Waals surface area contributed by atoms with Crippen molar-refractivity contribution in [3.8, 4) is 5.75 Å². The topological polar surface area (TPSA) is 107 Å². The highest BCUT2D eigenvalue weighted by atomic mass is 35.5. The highest BCUT2D eigenvalue weighted by Crippen LogP contribution is 2.37. The van der Waals surface area contributed by atoms with Crippen LogP contribution < -0.4 is 10.2 Å². The average molecular weight is 375 g/mol. The van der Waals surface area contributed by atoms with Gasteiger partial charge >= 0.3 is 0 Å². The Morgan fingerprint density at radius 1 is 1.39 bits per heavy atom. The number of pyridine rings is 2. The normalized spacial score (nSPS) is 10.2. The third kappa shape index (κ3) is 4.95. The van der Waals surface area contributed by atoms with Crippen molar-refractivity contribution in [3.05, 3.63) is 44.7 Å². The van der Waals surface area contributed by atoms with Gasteiger partial charge in [0.15, 0.2) is 5.75 Å². The molecule has 0 atom stereocenters. The molecule has 0 aliphatic rings. The van der Waals surface area contributed by atoms with Crippen LogP contribution in [0.3, 0.4) is 0 Å². The summed E-state index contributed by atoms with van der Waals surface area (Å²) in [6.45, 7) is 1.34. The van der Waals surface area contributed by atoms with Gasteiger partial charge in [-0.3, -0.25) is 9.63 Å². The largest absolute Gasteiger partial charge is 0.324 e. The zero-order valence-corrected chi connectivity index (χ0v) is 13.8. The second kappa shape index (κ2) is 7.44. The molecular weight excluding hydrogens is 367 g/mol.